The number of hydrogen-bond acceptors (Lipinski definition) is 3. The van der Waals surface area contributed by atoms with Gasteiger partial charge in [-0.2, -0.15) is 0 Å². The van der Waals surface area contributed by atoms with E-state index in [4.69, 9.17) is 16.3 Å². The molecule has 0 amide bonds. The van der Waals surface area contributed by atoms with Crippen LogP contribution in [0.3, 0.4) is 0 Å². The number of carbonyl (C=O) groups excluding carboxylic acids is 1. The first-order valence-electron chi connectivity index (χ1n) is 6.76. The van der Waals surface area contributed by atoms with Crippen molar-refractivity contribution in [1.29, 1.82) is 0 Å². The monoisotopic (exact) mass is 322 g/mol. The molecule has 0 radical (unpaired) electrons. The van der Waals surface area contributed by atoms with Gasteiger partial charge < -0.3 is 9.47 Å². The molecule has 0 saturated heterocycles. The van der Waals surface area contributed by atoms with Gasteiger partial charge in [0.25, 0.3) is 0 Å². The first-order chi connectivity index (χ1) is 10.4. The lowest BCUT2D eigenvalue weighted by molar-refractivity contribution is 0.0601. The summed E-state index contributed by atoms with van der Waals surface area (Å²) in [6.07, 6.45) is -0.0247. The molecule has 22 heavy (non-hydrogen) atoms. The summed E-state index contributed by atoms with van der Waals surface area (Å²) in [5.74, 6) is -0.404. The minimum atomic E-state index is -0.529. The van der Waals surface area contributed by atoms with Crippen molar-refractivity contribution in [2.45, 2.75) is 20.0 Å². The van der Waals surface area contributed by atoms with Gasteiger partial charge in [-0.05, 0) is 55.8 Å². The molecule has 0 fully saturated rings. The first-order valence-corrected chi connectivity index (χ1v) is 7.14. The molecule has 0 heterocycles. The van der Waals surface area contributed by atoms with Crippen LogP contribution in [0.5, 0.6) is 5.75 Å². The van der Waals surface area contributed by atoms with Crippen molar-refractivity contribution in [2.75, 3.05) is 7.11 Å². The smallest absolute Gasteiger partial charge is 0.337 e. The summed E-state index contributed by atoms with van der Waals surface area (Å²) in [7, 11) is 1.28. The van der Waals surface area contributed by atoms with Gasteiger partial charge in [0.15, 0.2) is 0 Å². The van der Waals surface area contributed by atoms with E-state index in [1.54, 1.807) is 18.2 Å². The molecular weight excluding hydrogens is 307 g/mol. The second kappa shape index (κ2) is 6.79. The molecule has 0 aliphatic heterocycles. The van der Waals surface area contributed by atoms with Crippen molar-refractivity contribution in [3.8, 4) is 16.9 Å². The highest BCUT2D eigenvalue weighted by Crippen LogP contribution is 2.30. The summed E-state index contributed by atoms with van der Waals surface area (Å²) >= 11 is 6.02. The van der Waals surface area contributed by atoms with Gasteiger partial charge in [0.1, 0.15) is 11.6 Å². The minimum Gasteiger partial charge on any atom is -0.491 e. The third-order valence-electron chi connectivity index (χ3n) is 2.94. The summed E-state index contributed by atoms with van der Waals surface area (Å²) in [6.45, 7) is 3.77. The summed E-state index contributed by atoms with van der Waals surface area (Å²) in [5.41, 5.74) is 1.06. The molecule has 0 spiro atoms. The van der Waals surface area contributed by atoms with Crippen LogP contribution in [0.1, 0.15) is 24.2 Å². The van der Waals surface area contributed by atoms with Gasteiger partial charge in [0.2, 0.25) is 0 Å². The van der Waals surface area contributed by atoms with Crippen LogP contribution in [-0.2, 0) is 4.74 Å². The van der Waals surface area contributed by atoms with E-state index in [0.29, 0.717) is 21.9 Å². The van der Waals surface area contributed by atoms with Crippen LogP contribution in [0.25, 0.3) is 11.1 Å². The van der Waals surface area contributed by atoms with Gasteiger partial charge in [0, 0.05) is 10.6 Å². The summed E-state index contributed by atoms with van der Waals surface area (Å²) in [4.78, 5) is 11.6. The molecule has 0 bridgehead atoms. The summed E-state index contributed by atoms with van der Waals surface area (Å²) in [6, 6.07) is 9.07. The maximum atomic E-state index is 14.1. The Labute approximate surface area is 133 Å². The molecule has 116 valence electrons. The summed E-state index contributed by atoms with van der Waals surface area (Å²) < 4.78 is 24.4. The number of rotatable bonds is 4. The van der Waals surface area contributed by atoms with Crippen LogP contribution in [0, 0.1) is 5.82 Å². The molecule has 0 unspecified atom stereocenters. The Bertz CT molecular complexity index is 698. The standard InChI is InChI=1S/C17H16ClFO3/c1-10(2)22-14-4-5-16(19)15(9-14)11-6-12(17(20)21-3)8-13(18)7-11/h4-10H,1-3H3. The van der Waals surface area contributed by atoms with E-state index in [1.165, 1.54) is 25.3 Å². The highest BCUT2D eigenvalue weighted by Gasteiger charge is 2.13. The number of benzene rings is 2. The maximum absolute atomic E-state index is 14.1. The van der Waals surface area contributed by atoms with Crippen LogP contribution in [0.15, 0.2) is 36.4 Å². The average molecular weight is 323 g/mol. The van der Waals surface area contributed by atoms with Crippen molar-refractivity contribution in [3.05, 3.63) is 52.8 Å². The second-order valence-corrected chi connectivity index (χ2v) is 5.46. The Hall–Kier alpha value is -2.07. The van der Waals surface area contributed by atoms with Crippen LogP contribution >= 0.6 is 11.6 Å². The van der Waals surface area contributed by atoms with E-state index < -0.39 is 11.8 Å². The van der Waals surface area contributed by atoms with E-state index in [9.17, 15) is 9.18 Å². The molecule has 0 atom stereocenters. The van der Waals surface area contributed by atoms with Crippen molar-refractivity contribution in [2.24, 2.45) is 0 Å². The highest BCUT2D eigenvalue weighted by atomic mass is 35.5. The lowest BCUT2D eigenvalue weighted by Gasteiger charge is -2.12. The molecule has 0 N–H and O–H groups in total. The molecule has 3 nitrogen and oxygen atoms in total. The molecule has 5 heteroatoms. The van der Waals surface area contributed by atoms with Crippen molar-refractivity contribution >= 4 is 17.6 Å². The van der Waals surface area contributed by atoms with Gasteiger partial charge in [0.05, 0.1) is 18.8 Å². The molecule has 2 aromatic carbocycles. The van der Waals surface area contributed by atoms with Crippen molar-refractivity contribution in [1.82, 2.24) is 0 Å². The largest absolute Gasteiger partial charge is 0.491 e. The highest BCUT2D eigenvalue weighted by molar-refractivity contribution is 6.31. The van der Waals surface area contributed by atoms with E-state index in [1.807, 2.05) is 13.8 Å². The zero-order chi connectivity index (χ0) is 16.3. The van der Waals surface area contributed by atoms with Gasteiger partial charge >= 0.3 is 5.97 Å². The molecule has 2 rings (SSSR count). The maximum Gasteiger partial charge on any atom is 0.337 e. The van der Waals surface area contributed by atoms with Crippen molar-refractivity contribution in [3.63, 3.8) is 0 Å². The quantitative estimate of drug-likeness (QED) is 0.764. The topological polar surface area (TPSA) is 35.5 Å². The molecular formula is C17H16ClFO3. The minimum absolute atomic E-state index is 0.0247. The van der Waals surface area contributed by atoms with Crippen LogP contribution in [-0.4, -0.2) is 19.2 Å². The number of methoxy groups -OCH3 is 1. The SMILES string of the molecule is COC(=O)c1cc(Cl)cc(-c2cc(OC(C)C)ccc2F)c1. The number of ether oxygens (including phenoxy) is 2. The van der Waals surface area contributed by atoms with Crippen LogP contribution < -0.4 is 4.74 Å². The predicted octanol–water partition coefficient (Wildman–Crippen LogP) is 4.72. The normalized spacial score (nSPS) is 10.6. The Balaban J connectivity index is 2.51. The number of carbonyl (C=O) groups is 1. The van der Waals surface area contributed by atoms with E-state index in [-0.39, 0.29) is 11.7 Å². The fourth-order valence-corrected chi connectivity index (χ4v) is 2.29. The van der Waals surface area contributed by atoms with Crippen LogP contribution in [0.2, 0.25) is 5.02 Å². The lowest BCUT2D eigenvalue weighted by Crippen LogP contribution is -2.06. The van der Waals surface area contributed by atoms with E-state index >= 15 is 0 Å². The van der Waals surface area contributed by atoms with E-state index in [0.717, 1.165) is 0 Å². The number of hydrogen-bond donors (Lipinski definition) is 0. The van der Waals surface area contributed by atoms with E-state index in [2.05, 4.69) is 4.74 Å². The molecule has 0 saturated carbocycles. The zero-order valence-corrected chi connectivity index (χ0v) is 13.3. The predicted molar refractivity (Wildman–Crippen MR) is 83.9 cm³/mol. The fourth-order valence-electron chi connectivity index (χ4n) is 2.05. The molecule has 2 aromatic rings. The Kier molecular flexibility index (Phi) is 5.03. The third kappa shape index (κ3) is 3.77. The second-order valence-electron chi connectivity index (χ2n) is 5.03. The van der Waals surface area contributed by atoms with Gasteiger partial charge in [-0.25, -0.2) is 9.18 Å². The molecule has 0 aliphatic carbocycles. The average Bonchev–Trinajstić information content (AvgIpc) is 2.47. The van der Waals surface area contributed by atoms with Crippen LogP contribution in [0.4, 0.5) is 4.39 Å². The fraction of sp³-hybridized carbons (Fsp3) is 0.235. The van der Waals surface area contributed by atoms with Gasteiger partial charge in [-0.15, -0.1) is 0 Å². The lowest BCUT2D eigenvalue weighted by atomic mass is 10.0. The first kappa shape index (κ1) is 16.3. The van der Waals surface area contributed by atoms with Gasteiger partial charge in [-0.3, -0.25) is 0 Å². The van der Waals surface area contributed by atoms with Gasteiger partial charge in [-0.1, -0.05) is 11.6 Å². The molecule has 0 aliphatic rings. The Morgan fingerprint density at radius 2 is 1.91 bits per heavy atom. The Morgan fingerprint density at radius 3 is 2.55 bits per heavy atom. The number of esters is 1. The van der Waals surface area contributed by atoms with Crippen molar-refractivity contribution < 1.29 is 18.7 Å². The molecule has 0 aromatic heterocycles. The summed E-state index contributed by atoms with van der Waals surface area (Å²) in [5, 5.41) is 0.326. The zero-order valence-electron chi connectivity index (χ0n) is 12.5. The third-order valence-corrected chi connectivity index (χ3v) is 3.16. The number of halogens is 2. The Morgan fingerprint density at radius 1 is 1.18 bits per heavy atom.